The highest BCUT2D eigenvalue weighted by Crippen LogP contribution is 2.33. The van der Waals surface area contributed by atoms with Crippen molar-refractivity contribution in [3.05, 3.63) is 111 Å². The molecule has 0 saturated heterocycles. The third-order valence-electron chi connectivity index (χ3n) is 5.53. The second-order valence-corrected chi connectivity index (χ2v) is 9.00. The van der Waals surface area contributed by atoms with Crippen molar-refractivity contribution in [2.75, 3.05) is 0 Å². The van der Waals surface area contributed by atoms with Gasteiger partial charge in [0, 0.05) is 16.5 Å². The molecule has 1 aromatic heterocycles. The molecule has 1 heterocycles. The summed E-state index contributed by atoms with van der Waals surface area (Å²) in [5.41, 5.74) is 8.78. The number of aryl methyl sites for hydroxylation is 1. The number of rotatable bonds is 4. The second-order valence-electron chi connectivity index (χ2n) is 7.74. The summed E-state index contributed by atoms with van der Waals surface area (Å²) in [6.45, 7) is 2.09. The summed E-state index contributed by atoms with van der Waals surface area (Å²) in [6, 6.07) is 29.3. The predicted octanol–water partition coefficient (Wildman–Crippen LogP) is 8.21. The van der Waals surface area contributed by atoms with E-state index < -0.39 is 0 Å². The van der Waals surface area contributed by atoms with Crippen LogP contribution >= 0.6 is 27.5 Å². The highest BCUT2D eigenvalue weighted by atomic mass is 79.9. The lowest BCUT2D eigenvalue weighted by atomic mass is 10.00. The molecule has 0 radical (unpaired) electrons. The van der Waals surface area contributed by atoms with Crippen LogP contribution in [0.5, 0.6) is 0 Å². The fourth-order valence-electron chi connectivity index (χ4n) is 3.80. The van der Waals surface area contributed by atoms with Crippen LogP contribution in [-0.2, 0) is 6.42 Å². The lowest BCUT2D eigenvalue weighted by Gasteiger charge is -2.07. The molecule has 31 heavy (non-hydrogen) atoms. The van der Waals surface area contributed by atoms with Crippen molar-refractivity contribution in [1.29, 1.82) is 0 Å². The van der Waals surface area contributed by atoms with Crippen LogP contribution in [0.1, 0.15) is 17.0 Å². The molecule has 0 aliphatic rings. The van der Waals surface area contributed by atoms with Crippen LogP contribution in [0.4, 0.5) is 0 Å². The molecule has 0 amide bonds. The lowest BCUT2D eigenvalue weighted by molar-refractivity contribution is 1.04. The molecule has 2 nitrogen and oxygen atoms in total. The minimum Gasteiger partial charge on any atom is -0.342 e. The van der Waals surface area contributed by atoms with Crippen molar-refractivity contribution in [3.8, 4) is 22.3 Å². The topological polar surface area (TPSA) is 28.7 Å². The molecule has 0 saturated carbocycles. The van der Waals surface area contributed by atoms with Crippen molar-refractivity contribution in [3.63, 3.8) is 0 Å². The Bertz CT molecular complexity index is 1370. The zero-order valence-electron chi connectivity index (χ0n) is 17.0. The largest absolute Gasteiger partial charge is 0.342 e. The van der Waals surface area contributed by atoms with E-state index in [4.69, 9.17) is 16.6 Å². The van der Waals surface area contributed by atoms with E-state index in [0.29, 0.717) is 5.02 Å². The van der Waals surface area contributed by atoms with E-state index in [1.807, 2.05) is 12.1 Å². The number of aromatic nitrogens is 2. The molecule has 4 heteroatoms. The molecule has 152 valence electrons. The van der Waals surface area contributed by atoms with Crippen LogP contribution in [-0.4, -0.2) is 9.97 Å². The van der Waals surface area contributed by atoms with Gasteiger partial charge in [-0.05, 0) is 52.9 Å². The van der Waals surface area contributed by atoms with Crippen molar-refractivity contribution >= 4 is 38.6 Å². The summed E-state index contributed by atoms with van der Waals surface area (Å²) in [7, 11) is 0. The standard InChI is InChI=1S/C27H20BrClN2/c1-17-7-8-18(13-23(17)28)14-27-30-25-15-22(24(29)16-26(25)31-27)21-11-9-20(10-12-21)19-5-3-2-4-6-19/h2-13,15-16H,14H2,1H3,(H,30,31). The van der Waals surface area contributed by atoms with Crippen LogP contribution < -0.4 is 0 Å². The van der Waals surface area contributed by atoms with Crippen molar-refractivity contribution in [2.24, 2.45) is 0 Å². The maximum atomic E-state index is 6.65. The first-order chi connectivity index (χ1) is 15.1. The van der Waals surface area contributed by atoms with Crippen LogP contribution in [0.25, 0.3) is 33.3 Å². The third-order valence-corrected chi connectivity index (χ3v) is 6.70. The Hall–Kier alpha value is -2.88. The number of fused-ring (bicyclic) bond motifs is 1. The summed E-state index contributed by atoms with van der Waals surface area (Å²) in [6.07, 6.45) is 0.742. The summed E-state index contributed by atoms with van der Waals surface area (Å²) in [5.74, 6) is 0.929. The minimum atomic E-state index is 0.716. The second kappa shape index (κ2) is 8.33. The van der Waals surface area contributed by atoms with Gasteiger partial charge >= 0.3 is 0 Å². The van der Waals surface area contributed by atoms with Crippen molar-refractivity contribution < 1.29 is 0 Å². The van der Waals surface area contributed by atoms with Gasteiger partial charge in [0.1, 0.15) is 5.82 Å². The number of benzene rings is 4. The molecule has 1 N–H and O–H groups in total. The van der Waals surface area contributed by atoms with E-state index in [9.17, 15) is 0 Å². The van der Waals surface area contributed by atoms with E-state index in [2.05, 4.69) is 101 Å². The van der Waals surface area contributed by atoms with Gasteiger partial charge in [-0.1, -0.05) is 94.3 Å². The monoisotopic (exact) mass is 486 g/mol. The van der Waals surface area contributed by atoms with E-state index in [1.165, 1.54) is 22.3 Å². The fraction of sp³-hybridized carbons (Fsp3) is 0.0741. The Balaban J connectivity index is 1.46. The molecule has 0 fully saturated rings. The van der Waals surface area contributed by atoms with Crippen LogP contribution in [0.3, 0.4) is 0 Å². The Morgan fingerprint density at radius 1 is 0.839 bits per heavy atom. The molecular formula is C27H20BrClN2. The van der Waals surface area contributed by atoms with E-state index in [0.717, 1.165) is 38.9 Å². The highest BCUT2D eigenvalue weighted by Gasteiger charge is 2.11. The van der Waals surface area contributed by atoms with Gasteiger partial charge in [-0.15, -0.1) is 0 Å². The smallest absolute Gasteiger partial charge is 0.111 e. The molecule has 4 aromatic carbocycles. The molecule has 0 unspecified atom stereocenters. The Labute approximate surface area is 195 Å². The van der Waals surface area contributed by atoms with Crippen molar-refractivity contribution in [1.82, 2.24) is 9.97 Å². The summed E-state index contributed by atoms with van der Waals surface area (Å²) in [4.78, 5) is 8.24. The first kappa shape index (κ1) is 20.0. The zero-order valence-corrected chi connectivity index (χ0v) is 19.3. The van der Waals surface area contributed by atoms with Gasteiger partial charge in [-0.2, -0.15) is 0 Å². The Morgan fingerprint density at radius 2 is 1.55 bits per heavy atom. The molecule has 0 spiro atoms. The van der Waals surface area contributed by atoms with Crippen LogP contribution in [0, 0.1) is 6.92 Å². The lowest BCUT2D eigenvalue weighted by Crippen LogP contribution is -1.91. The molecule has 5 rings (SSSR count). The Kier molecular flexibility index (Phi) is 5.39. The summed E-state index contributed by atoms with van der Waals surface area (Å²) >= 11 is 10.3. The fourth-order valence-corrected chi connectivity index (χ4v) is 4.50. The van der Waals surface area contributed by atoms with E-state index >= 15 is 0 Å². The van der Waals surface area contributed by atoms with Gasteiger partial charge in [0.25, 0.3) is 0 Å². The van der Waals surface area contributed by atoms with Gasteiger partial charge in [-0.25, -0.2) is 4.98 Å². The highest BCUT2D eigenvalue weighted by molar-refractivity contribution is 9.10. The molecule has 5 aromatic rings. The molecule has 0 aliphatic heterocycles. The number of halogens is 2. The van der Waals surface area contributed by atoms with Crippen molar-refractivity contribution in [2.45, 2.75) is 13.3 Å². The number of hydrogen-bond donors (Lipinski definition) is 1. The van der Waals surface area contributed by atoms with Gasteiger partial charge in [0.2, 0.25) is 0 Å². The molecule has 0 aliphatic carbocycles. The normalized spacial score (nSPS) is 11.2. The average Bonchev–Trinajstić information content (AvgIpc) is 3.17. The maximum absolute atomic E-state index is 6.65. The Morgan fingerprint density at radius 3 is 2.29 bits per heavy atom. The van der Waals surface area contributed by atoms with Gasteiger partial charge in [0.15, 0.2) is 0 Å². The SMILES string of the molecule is Cc1ccc(Cc2nc3cc(-c4ccc(-c5ccccc5)cc4)c(Cl)cc3[nH]2)cc1Br. The average molecular weight is 488 g/mol. The quantitative estimate of drug-likeness (QED) is 0.272. The first-order valence-corrected chi connectivity index (χ1v) is 11.3. The third kappa shape index (κ3) is 4.16. The molecule has 0 atom stereocenters. The maximum Gasteiger partial charge on any atom is 0.111 e. The van der Waals surface area contributed by atoms with Gasteiger partial charge in [0.05, 0.1) is 16.1 Å². The first-order valence-electron chi connectivity index (χ1n) is 10.2. The minimum absolute atomic E-state index is 0.716. The van der Waals surface area contributed by atoms with Crippen LogP contribution in [0.15, 0.2) is 89.4 Å². The van der Waals surface area contributed by atoms with Crippen LogP contribution in [0.2, 0.25) is 5.02 Å². The number of H-pyrrole nitrogens is 1. The van der Waals surface area contributed by atoms with Gasteiger partial charge in [-0.3, -0.25) is 0 Å². The summed E-state index contributed by atoms with van der Waals surface area (Å²) < 4.78 is 1.12. The molecular weight excluding hydrogens is 468 g/mol. The number of imidazole rings is 1. The van der Waals surface area contributed by atoms with E-state index in [-0.39, 0.29) is 0 Å². The number of nitrogens with zero attached hydrogens (tertiary/aromatic N) is 1. The zero-order chi connectivity index (χ0) is 21.4. The van der Waals surface area contributed by atoms with Gasteiger partial charge < -0.3 is 4.98 Å². The predicted molar refractivity (Wildman–Crippen MR) is 134 cm³/mol. The number of nitrogens with one attached hydrogen (secondary N) is 1. The van der Waals surface area contributed by atoms with E-state index in [1.54, 1.807) is 0 Å². The summed E-state index contributed by atoms with van der Waals surface area (Å²) in [5, 5.41) is 0.716. The number of aromatic amines is 1. The molecule has 0 bridgehead atoms. The number of hydrogen-bond acceptors (Lipinski definition) is 1.